The van der Waals surface area contributed by atoms with E-state index in [1.807, 2.05) is 18.2 Å². The van der Waals surface area contributed by atoms with Crippen molar-refractivity contribution < 1.29 is 22.7 Å². The molecule has 2 aromatic rings. The first kappa shape index (κ1) is 22.5. The quantitative estimate of drug-likeness (QED) is 0.671. The van der Waals surface area contributed by atoms with Crippen molar-refractivity contribution in [3.05, 3.63) is 59.2 Å². The number of rotatable bonds is 6. The van der Waals surface area contributed by atoms with Crippen LogP contribution in [-0.2, 0) is 32.4 Å². The molecular weight excluding hydrogens is 428 g/mol. The second kappa shape index (κ2) is 9.83. The van der Waals surface area contributed by atoms with Crippen molar-refractivity contribution in [1.82, 2.24) is 4.31 Å². The van der Waals surface area contributed by atoms with Crippen molar-refractivity contribution in [2.75, 3.05) is 25.0 Å². The van der Waals surface area contributed by atoms with Gasteiger partial charge in [-0.05, 0) is 79.6 Å². The fourth-order valence-corrected chi connectivity index (χ4v) is 5.77. The third kappa shape index (κ3) is 5.19. The SMILES string of the molecule is O=C(COC(=O)c1ccc(S(=O)(=O)N2CCCCCC2)cc1)Nc1ccc2c(c1)CCC2. The second-order valence-electron chi connectivity index (χ2n) is 8.30. The molecule has 1 heterocycles. The molecule has 1 N–H and O–H groups in total. The monoisotopic (exact) mass is 456 g/mol. The Bertz CT molecular complexity index is 1090. The Kier molecular flexibility index (Phi) is 6.91. The summed E-state index contributed by atoms with van der Waals surface area (Å²) >= 11 is 0. The zero-order valence-electron chi connectivity index (χ0n) is 18.0. The van der Waals surface area contributed by atoms with Crippen molar-refractivity contribution in [3.8, 4) is 0 Å². The van der Waals surface area contributed by atoms with Gasteiger partial charge in [0.15, 0.2) is 6.61 Å². The molecule has 0 aromatic heterocycles. The number of sulfonamides is 1. The van der Waals surface area contributed by atoms with E-state index in [1.165, 1.54) is 39.7 Å². The van der Waals surface area contributed by atoms with E-state index < -0.39 is 28.5 Å². The van der Waals surface area contributed by atoms with E-state index in [0.29, 0.717) is 18.8 Å². The molecule has 0 unspecified atom stereocenters. The van der Waals surface area contributed by atoms with E-state index in [-0.39, 0.29) is 10.5 Å². The Morgan fingerprint density at radius 1 is 0.875 bits per heavy atom. The summed E-state index contributed by atoms with van der Waals surface area (Å²) < 4.78 is 32.3. The van der Waals surface area contributed by atoms with Gasteiger partial charge in [0.25, 0.3) is 5.91 Å². The van der Waals surface area contributed by atoms with Gasteiger partial charge < -0.3 is 10.1 Å². The summed E-state index contributed by atoms with van der Waals surface area (Å²) in [6.45, 7) is 0.626. The molecule has 0 radical (unpaired) electrons. The zero-order valence-corrected chi connectivity index (χ0v) is 18.8. The van der Waals surface area contributed by atoms with E-state index in [2.05, 4.69) is 5.32 Å². The molecule has 170 valence electrons. The predicted molar refractivity (Wildman–Crippen MR) is 121 cm³/mol. The Balaban J connectivity index is 1.32. The minimum atomic E-state index is -3.58. The number of aryl methyl sites for hydroxylation is 2. The van der Waals surface area contributed by atoms with Gasteiger partial charge in [0.2, 0.25) is 10.0 Å². The highest BCUT2D eigenvalue weighted by Crippen LogP contribution is 2.25. The number of anilines is 1. The number of nitrogens with zero attached hydrogens (tertiary/aromatic N) is 1. The lowest BCUT2D eigenvalue weighted by atomic mass is 10.1. The Labute approximate surface area is 188 Å². The summed E-state index contributed by atoms with van der Waals surface area (Å²) in [5.74, 6) is -1.09. The fraction of sp³-hybridized carbons (Fsp3) is 0.417. The molecule has 2 aliphatic rings. The first-order valence-corrected chi connectivity index (χ1v) is 12.6. The maximum atomic E-state index is 12.8. The molecule has 1 amide bonds. The van der Waals surface area contributed by atoms with Crippen LogP contribution in [0.5, 0.6) is 0 Å². The first-order chi connectivity index (χ1) is 15.4. The Morgan fingerprint density at radius 3 is 2.28 bits per heavy atom. The van der Waals surface area contributed by atoms with E-state index in [4.69, 9.17) is 4.74 Å². The van der Waals surface area contributed by atoms with Gasteiger partial charge in [-0.1, -0.05) is 18.9 Å². The van der Waals surface area contributed by atoms with Crippen molar-refractivity contribution in [3.63, 3.8) is 0 Å². The minimum absolute atomic E-state index is 0.158. The maximum Gasteiger partial charge on any atom is 0.338 e. The molecule has 2 aromatic carbocycles. The molecule has 1 aliphatic carbocycles. The molecule has 0 atom stereocenters. The molecule has 1 fully saturated rings. The molecule has 32 heavy (non-hydrogen) atoms. The molecule has 0 saturated carbocycles. The zero-order chi connectivity index (χ0) is 22.6. The van der Waals surface area contributed by atoms with Crippen molar-refractivity contribution >= 4 is 27.6 Å². The number of ether oxygens (including phenoxy) is 1. The smallest absolute Gasteiger partial charge is 0.338 e. The normalized spacial score (nSPS) is 16.8. The minimum Gasteiger partial charge on any atom is -0.452 e. The predicted octanol–water partition coefficient (Wildman–Crippen LogP) is 3.54. The van der Waals surface area contributed by atoms with Crippen LogP contribution in [0.1, 0.15) is 53.6 Å². The highest BCUT2D eigenvalue weighted by atomic mass is 32.2. The van der Waals surface area contributed by atoms with Crippen LogP contribution in [0.2, 0.25) is 0 Å². The average Bonchev–Trinajstić information content (AvgIpc) is 3.08. The molecule has 0 spiro atoms. The maximum absolute atomic E-state index is 12.8. The van der Waals surface area contributed by atoms with Crippen LogP contribution < -0.4 is 5.32 Å². The third-order valence-electron chi connectivity index (χ3n) is 6.01. The van der Waals surface area contributed by atoms with Gasteiger partial charge in [-0.2, -0.15) is 4.31 Å². The highest BCUT2D eigenvalue weighted by molar-refractivity contribution is 7.89. The van der Waals surface area contributed by atoms with Crippen LogP contribution in [0.15, 0.2) is 47.4 Å². The second-order valence-corrected chi connectivity index (χ2v) is 10.2. The number of esters is 1. The Morgan fingerprint density at radius 2 is 1.56 bits per heavy atom. The first-order valence-electron chi connectivity index (χ1n) is 11.1. The van der Waals surface area contributed by atoms with Crippen LogP contribution in [0.3, 0.4) is 0 Å². The number of carbonyl (C=O) groups is 2. The van der Waals surface area contributed by atoms with Crippen LogP contribution in [0.4, 0.5) is 5.69 Å². The van der Waals surface area contributed by atoms with Crippen LogP contribution >= 0.6 is 0 Å². The van der Waals surface area contributed by atoms with E-state index in [0.717, 1.165) is 44.9 Å². The number of amides is 1. The highest BCUT2D eigenvalue weighted by Gasteiger charge is 2.25. The van der Waals surface area contributed by atoms with Gasteiger partial charge in [-0.25, -0.2) is 13.2 Å². The lowest BCUT2D eigenvalue weighted by Crippen LogP contribution is -2.31. The molecule has 7 nitrogen and oxygen atoms in total. The molecule has 0 bridgehead atoms. The van der Waals surface area contributed by atoms with Crippen LogP contribution in [-0.4, -0.2) is 44.3 Å². The largest absolute Gasteiger partial charge is 0.452 e. The van der Waals surface area contributed by atoms with E-state index in [9.17, 15) is 18.0 Å². The topological polar surface area (TPSA) is 92.8 Å². The molecular formula is C24H28N2O5S. The lowest BCUT2D eigenvalue weighted by Gasteiger charge is -2.20. The summed E-state index contributed by atoms with van der Waals surface area (Å²) in [5, 5.41) is 2.75. The standard InChI is InChI=1S/C24H28N2O5S/c27-23(25-21-11-8-18-6-5-7-20(18)16-21)17-31-24(28)19-9-12-22(13-10-19)32(29,30)26-14-3-1-2-4-15-26/h8-13,16H,1-7,14-15,17H2,(H,25,27). The number of hydrogen-bond donors (Lipinski definition) is 1. The van der Waals surface area contributed by atoms with Crippen LogP contribution in [0.25, 0.3) is 0 Å². The molecule has 1 aliphatic heterocycles. The van der Waals surface area contributed by atoms with Gasteiger partial charge in [-0.3, -0.25) is 4.79 Å². The number of benzene rings is 2. The fourth-order valence-electron chi connectivity index (χ4n) is 4.26. The number of hydrogen-bond acceptors (Lipinski definition) is 5. The third-order valence-corrected chi connectivity index (χ3v) is 7.92. The number of carbonyl (C=O) groups excluding carboxylic acids is 2. The van der Waals surface area contributed by atoms with Gasteiger partial charge in [-0.15, -0.1) is 0 Å². The van der Waals surface area contributed by atoms with Gasteiger partial charge in [0.1, 0.15) is 0 Å². The Hall–Kier alpha value is -2.71. The van der Waals surface area contributed by atoms with E-state index in [1.54, 1.807) is 0 Å². The van der Waals surface area contributed by atoms with Gasteiger partial charge >= 0.3 is 5.97 Å². The lowest BCUT2D eigenvalue weighted by molar-refractivity contribution is -0.119. The van der Waals surface area contributed by atoms with E-state index >= 15 is 0 Å². The van der Waals surface area contributed by atoms with Gasteiger partial charge in [0, 0.05) is 18.8 Å². The number of nitrogens with one attached hydrogen (secondary N) is 1. The van der Waals surface area contributed by atoms with Gasteiger partial charge in [0.05, 0.1) is 10.5 Å². The number of fused-ring (bicyclic) bond motifs is 1. The molecule has 8 heteroatoms. The van der Waals surface area contributed by atoms with Crippen molar-refractivity contribution in [1.29, 1.82) is 0 Å². The summed E-state index contributed by atoms with van der Waals surface area (Å²) in [6.07, 6.45) is 7.00. The molecule has 4 rings (SSSR count). The molecule has 1 saturated heterocycles. The van der Waals surface area contributed by atoms with Crippen molar-refractivity contribution in [2.24, 2.45) is 0 Å². The summed E-state index contributed by atoms with van der Waals surface area (Å²) in [6, 6.07) is 11.5. The summed E-state index contributed by atoms with van der Waals surface area (Å²) in [4.78, 5) is 24.6. The van der Waals surface area contributed by atoms with Crippen LogP contribution in [0, 0.1) is 0 Å². The summed E-state index contributed by atoms with van der Waals surface area (Å²) in [7, 11) is -3.58. The average molecular weight is 457 g/mol. The summed E-state index contributed by atoms with van der Waals surface area (Å²) in [5.41, 5.74) is 3.45. The van der Waals surface area contributed by atoms with Crippen molar-refractivity contribution in [2.45, 2.75) is 49.8 Å².